The highest BCUT2D eigenvalue weighted by atomic mass is 16.5. The molecule has 4 saturated carbocycles. The van der Waals surface area contributed by atoms with E-state index in [1.165, 1.54) is 22.5 Å². The van der Waals surface area contributed by atoms with Crippen molar-refractivity contribution in [1.29, 1.82) is 0 Å². The molecule has 0 bridgehead atoms. The van der Waals surface area contributed by atoms with E-state index in [1.807, 2.05) is 17.0 Å². The van der Waals surface area contributed by atoms with Crippen molar-refractivity contribution in [3.8, 4) is 22.5 Å². The molecule has 3 heterocycles. The van der Waals surface area contributed by atoms with Crippen LogP contribution in [0.3, 0.4) is 0 Å². The molecule has 2 aromatic rings. The SMILES string of the molecule is CC[N+](CC)=c1ccc2c(-c3ccccc3C(=O)N3CCN(C(=O)[C@]45CC[C@@H](C)[C@H](C)[C@H]4C4=CC[C@@H]6[C@@]7(C)CC[C@H](OC(C)=O)C(C)(C)[C@@H]7CC[C@@]6(C)[C@]4(C)CC5)CC3)c3c(oc-2c1)/C(=C/C=C1/N(C)c2ccccc2C1(C)C)CCC3. The number of anilines is 1. The number of ether oxygens (including phenoxy) is 1. The first kappa shape index (κ1) is 56.8. The summed E-state index contributed by atoms with van der Waals surface area (Å²) in [6.07, 6.45) is 19.3. The number of carbonyl (C=O) groups excluding carboxylic acids is 3. The number of benzene rings is 3. The number of allylic oxidation sites excluding steroid dienone is 6. The molecule has 0 aromatic heterocycles. The second kappa shape index (κ2) is 20.5. The van der Waals surface area contributed by atoms with E-state index in [-0.39, 0.29) is 51.0 Å². The minimum absolute atomic E-state index is 0.00354. The molecular formula is C73H95N4O5+. The summed E-state index contributed by atoms with van der Waals surface area (Å²) in [5.41, 5.74) is 11.1. The van der Waals surface area contributed by atoms with Crippen LogP contribution in [0, 0.1) is 56.7 Å². The Balaban J connectivity index is 0.837. The van der Waals surface area contributed by atoms with E-state index in [9.17, 15) is 4.79 Å². The van der Waals surface area contributed by atoms with Crippen molar-refractivity contribution < 1.29 is 23.5 Å². The number of nitrogens with zero attached hydrogens (tertiary/aromatic N) is 4. The van der Waals surface area contributed by atoms with Gasteiger partial charge in [0.15, 0.2) is 0 Å². The number of hydrogen-bond donors (Lipinski definition) is 0. The van der Waals surface area contributed by atoms with Gasteiger partial charge in [-0.05, 0) is 178 Å². The summed E-state index contributed by atoms with van der Waals surface area (Å²) in [5.74, 6) is 4.09. The lowest BCUT2D eigenvalue weighted by Crippen LogP contribution is -2.66. The first-order valence-electron chi connectivity index (χ1n) is 32.0. The monoisotopic (exact) mass is 1110 g/mol. The van der Waals surface area contributed by atoms with E-state index in [0.717, 1.165) is 129 Å². The molecule has 0 N–H and O–H groups in total. The van der Waals surface area contributed by atoms with Gasteiger partial charge in [0.25, 0.3) is 5.91 Å². The maximum Gasteiger partial charge on any atom is 0.302 e. The standard InChI is InChI=1S/C73H95N4O5/c1-14-75(15-2)50-28-29-53-58(45-50)82-65-49(27-32-61-68(6,7)55-25-18-19-26-57(55)74(61)13)21-20-24-54(65)63(53)51-22-16-17-23-52(51)66(79)76-41-43-77(44-42-76)67(80)73-38-33-46(3)47(4)64(73)56-30-31-60-70(10)36-35-62(81-48(5)78)69(8,9)59(70)34-37-72(60,12)71(56,11)39-40-73/h16-19,22-23,25-30,32,45-47,59-60,62,64H,14-15,20-21,24,31,33-44H2,1-13H3/q+1/t46-,47+,59+,60-,62+,64+,70+,71-,72-,73+/m1/s1. The summed E-state index contributed by atoms with van der Waals surface area (Å²) in [6.45, 7) is 32.0. The molecule has 0 radical (unpaired) electrons. The van der Waals surface area contributed by atoms with Crippen LogP contribution in [0.2, 0.25) is 0 Å². The van der Waals surface area contributed by atoms with Crippen molar-refractivity contribution in [3.63, 3.8) is 0 Å². The normalized spacial score (nSPS) is 33.6. The number of piperazine rings is 1. The summed E-state index contributed by atoms with van der Waals surface area (Å²) >= 11 is 0. The lowest BCUT2D eigenvalue weighted by atomic mass is 9.33. The number of esters is 1. The van der Waals surface area contributed by atoms with E-state index in [2.05, 4.69) is 170 Å². The number of amides is 2. The van der Waals surface area contributed by atoms with Gasteiger partial charge in [0.2, 0.25) is 11.3 Å². The lowest BCUT2D eigenvalue weighted by Gasteiger charge is -2.71. The Hall–Kier alpha value is -5.70. The molecule has 82 heavy (non-hydrogen) atoms. The highest BCUT2D eigenvalue weighted by molar-refractivity contribution is 6.04. The molecule has 1 saturated heterocycles. The Labute approximate surface area is 490 Å². The first-order valence-corrected chi connectivity index (χ1v) is 32.0. The molecule has 0 unspecified atom stereocenters. The number of fused-ring (bicyclic) bond motifs is 10. The van der Waals surface area contributed by atoms with E-state index >= 15 is 9.59 Å². The average Bonchev–Trinajstić information content (AvgIpc) is 3.71. The molecule has 0 spiro atoms. The number of carbonyl (C=O) groups is 3. The fourth-order valence-corrected chi connectivity index (χ4v) is 19.8. The molecule has 7 aliphatic carbocycles. The Morgan fingerprint density at radius 1 is 0.768 bits per heavy atom. The van der Waals surface area contributed by atoms with Gasteiger partial charge in [-0.3, -0.25) is 14.4 Å². The molecule has 3 aliphatic heterocycles. The van der Waals surface area contributed by atoms with Gasteiger partial charge in [-0.15, -0.1) is 0 Å². The van der Waals surface area contributed by atoms with Crippen molar-refractivity contribution in [1.82, 2.24) is 14.4 Å². The van der Waals surface area contributed by atoms with Crippen LogP contribution in [-0.2, 0) is 26.2 Å². The summed E-state index contributed by atoms with van der Waals surface area (Å²) in [4.78, 5) is 50.1. The molecule has 436 valence electrons. The van der Waals surface area contributed by atoms with Gasteiger partial charge in [-0.1, -0.05) is 116 Å². The Bertz CT molecular complexity index is 3360. The fraction of sp³-hybridized carbons (Fsp3) is 0.589. The van der Waals surface area contributed by atoms with Gasteiger partial charge in [-0.2, -0.15) is 0 Å². The molecule has 10 atom stereocenters. The topological polar surface area (TPSA) is 86.3 Å². The third-order valence-corrected chi connectivity index (χ3v) is 24.6. The first-order chi connectivity index (χ1) is 39.0. The molecule has 9 nitrogen and oxygen atoms in total. The predicted octanol–water partition coefficient (Wildman–Crippen LogP) is 14.8. The average molecular weight is 1110 g/mol. The maximum absolute atomic E-state index is 15.9. The van der Waals surface area contributed by atoms with Crippen LogP contribution in [0.4, 0.5) is 5.69 Å². The summed E-state index contributed by atoms with van der Waals surface area (Å²) < 4.78 is 15.6. The van der Waals surface area contributed by atoms with Crippen LogP contribution in [0.1, 0.15) is 181 Å². The zero-order valence-corrected chi connectivity index (χ0v) is 52.1. The Kier molecular flexibility index (Phi) is 14.2. The van der Waals surface area contributed by atoms with Crippen LogP contribution in [0.5, 0.6) is 0 Å². The number of hydrogen-bond acceptors (Lipinski definition) is 6. The smallest absolute Gasteiger partial charge is 0.302 e. The van der Waals surface area contributed by atoms with Gasteiger partial charge in [0, 0.05) is 90.7 Å². The molecule has 2 aromatic carbocycles. The van der Waals surface area contributed by atoms with Crippen LogP contribution < -0.4 is 14.8 Å². The molecule has 12 rings (SSSR count). The quantitative estimate of drug-likeness (QED) is 0.104. The van der Waals surface area contributed by atoms with Gasteiger partial charge in [0.05, 0.1) is 11.5 Å². The van der Waals surface area contributed by atoms with Crippen molar-refractivity contribution in [2.75, 3.05) is 51.2 Å². The van der Waals surface area contributed by atoms with Gasteiger partial charge >= 0.3 is 5.97 Å². The number of likely N-dealkylation sites (N-methyl/N-ethyl adjacent to an activating group) is 1. The second-order valence-electron chi connectivity index (χ2n) is 28.8. The molecule has 5 fully saturated rings. The molecule has 2 amide bonds. The minimum Gasteiger partial charge on any atom is -0.462 e. The van der Waals surface area contributed by atoms with Gasteiger partial charge < -0.3 is 23.9 Å². The van der Waals surface area contributed by atoms with E-state index in [1.54, 1.807) is 12.5 Å². The van der Waals surface area contributed by atoms with Crippen molar-refractivity contribution >= 4 is 29.0 Å². The van der Waals surface area contributed by atoms with Gasteiger partial charge in [-0.25, -0.2) is 4.58 Å². The predicted molar refractivity (Wildman–Crippen MR) is 331 cm³/mol. The van der Waals surface area contributed by atoms with Crippen molar-refractivity contribution in [2.45, 2.75) is 172 Å². The lowest BCUT2D eigenvalue weighted by molar-refractivity contribution is -0.213. The van der Waals surface area contributed by atoms with Crippen molar-refractivity contribution in [3.05, 3.63) is 124 Å². The Morgan fingerprint density at radius 2 is 1.49 bits per heavy atom. The zero-order chi connectivity index (χ0) is 58.1. The zero-order valence-electron chi connectivity index (χ0n) is 52.1. The van der Waals surface area contributed by atoms with Crippen LogP contribution in [-0.4, -0.2) is 80.0 Å². The summed E-state index contributed by atoms with van der Waals surface area (Å²) in [5, 5.41) is 1.13. The van der Waals surface area contributed by atoms with Gasteiger partial charge in [0.1, 0.15) is 30.7 Å². The van der Waals surface area contributed by atoms with Crippen LogP contribution in [0.15, 0.2) is 101 Å². The fourth-order valence-electron chi connectivity index (χ4n) is 19.8. The minimum atomic E-state index is -0.438. The third kappa shape index (κ3) is 8.45. The van der Waals surface area contributed by atoms with Crippen LogP contribution in [0.25, 0.3) is 28.0 Å². The number of rotatable bonds is 7. The molecular weight excluding hydrogens is 1010 g/mol. The van der Waals surface area contributed by atoms with Crippen molar-refractivity contribution in [2.24, 2.45) is 56.7 Å². The van der Waals surface area contributed by atoms with E-state index in [0.29, 0.717) is 61.3 Å². The number of para-hydroxylation sites is 1. The van der Waals surface area contributed by atoms with Crippen LogP contribution >= 0.6 is 0 Å². The summed E-state index contributed by atoms with van der Waals surface area (Å²) in [6, 6.07) is 23.7. The molecule has 9 heteroatoms. The van der Waals surface area contributed by atoms with E-state index < -0.39 is 5.41 Å². The van der Waals surface area contributed by atoms with E-state index in [4.69, 9.17) is 9.15 Å². The third-order valence-electron chi connectivity index (χ3n) is 24.6. The highest BCUT2D eigenvalue weighted by Crippen LogP contribution is 2.76. The maximum atomic E-state index is 15.9. The largest absolute Gasteiger partial charge is 0.462 e. The summed E-state index contributed by atoms with van der Waals surface area (Å²) in [7, 11) is 2.18. The second-order valence-corrected chi connectivity index (χ2v) is 28.8. The Morgan fingerprint density at radius 3 is 2.22 bits per heavy atom. The molecule has 10 aliphatic rings. The highest BCUT2D eigenvalue weighted by Gasteiger charge is 2.70.